The van der Waals surface area contributed by atoms with Gasteiger partial charge in [-0.2, -0.15) is 0 Å². The lowest BCUT2D eigenvalue weighted by molar-refractivity contribution is -0.140. The number of carbonyl (C=O) groups is 2. The molecule has 3 aromatic rings. The molecule has 1 aromatic heterocycles. The molecular formula is C28H36N4O5. The molecule has 1 amide bonds. The summed E-state index contributed by atoms with van der Waals surface area (Å²) >= 11 is 0. The fourth-order valence-corrected chi connectivity index (χ4v) is 3.97. The summed E-state index contributed by atoms with van der Waals surface area (Å²) in [6.07, 6.45) is 1.69. The van der Waals surface area contributed by atoms with Crippen LogP contribution in [0.5, 0.6) is 0 Å². The highest BCUT2D eigenvalue weighted by Gasteiger charge is 2.25. The van der Waals surface area contributed by atoms with E-state index in [2.05, 4.69) is 15.4 Å². The lowest BCUT2D eigenvalue weighted by Gasteiger charge is -2.25. The molecule has 0 aliphatic rings. The number of unbranched alkanes of at least 4 members (excludes halogenated alkanes) is 1. The smallest absolute Gasteiger partial charge is 0.408 e. The predicted molar refractivity (Wildman–Crippen MR) is 144 cm³/mol. The number of nitrogens with zero attached hydrogens (tertiary/aromatic N) is 2. The topological polar surface area (TPSA) is 112 Å². The Kier molecular flexibility index (Phi) is 9.27. The highest BCUT2D eigenvalue weighted by molar-refractivity contribution is 5.91. The van der Waals surface area contributed by atoms with E-state index in [9.17, 15) is 14.4 Å². The van der Waals surface area contributed by atoms with E-state index in [0.717, 1.165) is 6.42 Å². The van der Waals surface area contributed by atoms with Gasteiger partial charge in [0.1, 0.15) is 11.4 Å². The normalized spacial score (nSPS) is 12.1. The molecule has 0 unspecified atom stereocenters. The molecule has 9 heteroatoms. The van der Waals surface area contributed by atoms with Crippen molar-refractivity contribution >= 4 is 28.7 Å². The van der Waals surface area contributed by atoms with Crippen molar-refractivity contribution in [3.8, 4) is 5.69 Å². The number of amides is 1. The highest BCUT2D eigenvalue weighted by atomic mass is 16.6. The van der Waals surface area contributed by atoms with Crippen LogP contribution in [-0.4, -0.2) is 40.9 Å². The standard InChI is InChI=1S/C28H36N4O5/c1-6-20(31-27(35)37-28(2,3)4)25-30-22-16-12-15-21(29-18-11-10-17-23(33)36-5)24(22)26(34)32(25)19-13-8-7-9-14-19/h7-9,12-16,20,29H,6,10-11,17-18H2,1-5H3,(H,31,35)/t20-/m0/s1. The second-order valence-corrected chi connectivity index (χ2v) is 9.71. The first-order chi connectivity index (χ1) is 17.6. The molecule has 1 heterocycles. The third-order valence-corrected chi connectivity index (χ3v) is 5.70. The van der Waals surface area contributed by atoms with E-state index in [1.807, 2.05) is 49.4 Å². The molecule has 198 valence electrons. The number of para-hydroxylation sites is 1. The van der Waals surface area contributed by atoms with Gasteiger partial charge in [-0.3, -0.25) is 14.2 Å². The van der Waals surface area contributed by atoms with E-state index in [1.54, 1.807) is 31.4 Å². The second kappa shape index (κ2) is 12.4. The van der Waals surface area contributed by atoms with E-state index >= 15 is 0 Å². The van der Waals surface area contributed by atoms with Crippen molar-refractivity contribution in [2.45, 2.75) is 65.0 Å². The summed E-state index contributed by atoms with van der Waals surface area (Å²) in [5, 5.41) is 6.66. The van der Waals surface area contributed by atoms with Crippen LogP contribution >= 0.6 is 0 Å². The molecule has 0 spiro atoms. The Morgan fingerprint density at radius 2 is 1.78 bits per heavy atom. The zero-order valence-electron chi connectivity index (χ0n) is 22.2. The minimum absolute atomic E-state index is 0.238. The van der Waals surface area contributed by atoms with Crippen LogP contribution in [0, 0.1) is 0 Å². The Morgan fingerprint density at radius 3 is 2.43 bits per heavy atom. The first-order valence-electron chi connectivity index (χ1n) is 12.6. The van der Waals surface area contributed by atoms with Gasteiger partial charge in [-0.05, 0) is 64.3 Å². The van der Waals surface area contributed by atoms with Gasteiger partial charge in [0.25, 0.3) is 5.56 Å². The first-order valence-corrected chi connectivity index (χ1v) is 12.6. The van der Waals surface area contributed by atoms with E-state index in [4.69, 9.17) is 9.72 Å². The number of ether oxygens (including phenoxy) is 2. The van der Waals surface area contributed by atoms with Crippen LogP contribution in [0.2, 0.25) is 0 Å². The summed E-state index contributed by atoms with van der Waals surface area (Å²) in [7, 11) is 1.38. The van der Waals surface area contributed by atoms with Gasteiger partial charge in [-0.15, -0.1) is 0 Å². The van der Waals surface area contributed by atoms with Crippen LogP contribution in [-0.2, 0) is 14.3 Å². The van der Waals surface area contributed by atoms with Crippen molar-refractivity contribution in [3.63, 3.8) is 0 Å². The number of alkyl carbamates (subject to hydrolysis) is 1. The third kappa shape index (κ3) is 7.31. The van der Waals surface area contributed by atoms with E-state index in [1.165, 1.54) is 7.11 Å². The summed E-state index contributed by atoms with van der Waals surface area (Å²) in [5.74, 6) is 0.186. The second-order valence-electron chi connectivity index (χ2n) is 9.71. The zero-order chi connectivity index (χ0) is 27.0. The Labute approximate surface area is 217 Å². The molecule has 0 saturated heterocycles. The van der Waals surface area contributed by atoms with Crippen LogP contribution in [0.1, 0.15) is 65.2 Å². The maximum absolute atomic E-state index is 14.0. The Morgan fingerprint density at radius 1 is 1.05 bits per heavy atom. The minimum atomic E-state index is -0.657. The van der Waals surface area contributed by atoms with Crippen LogP contribution < -0.4 is 16.2 Å². The number of hydrogen-bond donors (Lipinski definition) is 2. The quantitative estimate of drug-likeness (QED) is 0.289. The van der Waals surface area contributed by atoms with Gasteiger partial charge in [0, 0.05) is 18.7 Å². The largest absolute Gasteiger partial charge is 0.469 e. The first kappa shape index (κ1) is 27.7. The highest BCUT2D eigenvalue weighted by Crippen LogP contribution is 2.25. The molecule has 2 aromatic carbocycles. The fourth-order valence-electron chi connectivity index (χ4n) is 3.97. The van der Waals surface area contributed by atoms with Gasteiger partial charge in [-0.25, -0.2) is 9.78 Å². The van der Waals surface area contributed by atoms with E-state index in [-0.39, 0.29) is 11.5 Å². The molecule has 0 radical (unpaired) electrons. The molecular weight excluding hydrogens is 472 g/mol. The molecule has 37 heavy (non-hydrogen) atoms. The maximum Gasteiger partial charge on any atom is 0.408 e. The van der Waals surface area contributed by atoms with Crippen LogP contribution in [0.3, 0.4) is 0 Å². The lowest BCUT2D eigenvalue weighted by Crippen LogP contribution is -2.37. The van der Waals surface area contributed by atoms with Crippen molar-refractivity contribution in [2.24, 2.45) is 0 Å². The average Bonchev–Trinajstić information content (AvgIpc) is 2.86. The average molecular weight is 509 g/mol. The number of nitrogens with one attached hydrogen (secondary N) is 2. The Hall–Kier alpha value is -3.88. The molecule has 2 N–H and O–H groups in total. The van der Waals surface area contributed by atoms with Gasteiger partial charge in [0.15, 0.2) is 0 Å². The Bertz CT molecular complexity index is 1280. The molecule has 0 aliphatic carbocycles. The molecule has 0 fully saturated rings. The predicted octanol–water partition coefficient (Wildman–Crippen LogP) is 5.12. The molecule has 1 atom stereocenters. The zero-order valence-corrected chi connectivity index (χ0v) is 22.2. The lowest BCUT2D eigenvalue weighted by atomic mass is 10.1. The van der Waals surface area contributed by atoms with E-state index < -0.39 is 17.7 Å². The van der Waals surface area contributed by atoms with Crippen molar-refractivity contribution in [1.29, 1.82) is 0 Å². The SMILES string of the molecule is CC[C@H](NC(=O)OC(C)(C)C)c1nc2cccc(NCCCCC(=O)OC)c2c(=O)n1-c1ccccc1. The summed E-state index contributed by atoms with van der Waals surface area (Å²) < 4.78 is 11.7. The molecule has 9 nitrogen and oxygen atoms in total. The van der Waals surface area contributed by atoms with Crippen molar-refractivity contribution < 1.29 is 19.1 Å². The minimum Gasteiger partial charge on any atom is -0.469 e. The van der Waals surface area contributed by atoms with Crippen LogP contribution in [0.4, 0.5) is 10.5 Å². The molecule has 0 aliphatic heterocycles. The van der Waals surface area contributed by atoms with Crippen LogP contribution in [0.25, 0.3) is 16.6 Å². The number of benzene rings is 2. The summed E-state index contributed by atoms with van der Waals surface area (Å²) in [5.41, 5.74) is 0.937. The number of aromatic nitrogens is 2. The van der Waals surface area contributed by atoms with Gasteiger partial charge in [0.2, 0.25) is 0 Å². The molecule has 3 rings (SSSR count). The van der Waals surface area contributed by atoms with Gasteiger partial charge < -0.3 is 20.1 Å². The van der Waals surface area contributed by atoms with Crippen molar-refractivity contribution in [1.82, 2.24) is 14.9 Å². The van der Waals surface area contributed by atoms with Crippen molar-refractivity contribution in [2.75, 3.05) is 19.0 Å². The summed E-state index contributed by atoms with van der Waals surface area (Å²) in [6, 6.07) is 14.2. The fraction of sp³-hybridized carbons (Fsp3) is 0.429. The summed E-state index contributed by atoms with van der Waals surface area (Å²) in [6.45, 7) is 7.89. The summed E-state index contributed by atoms with van der Waals surface area (Å²) in [4.78, 5) is 42.8. The van der Waals surface area contributed by atoms with Gasteiger partial charge in [-0.1, -0.05) is 31.2 Å². The third-order valence-electron chi connectivity index (χ3n) is 5.70. The van der Waals surface area contributed by atoms with E-state index in [0.29, 0.717) is 53.9 Å². The maximum atomic E-state index is 14.0. The van der Waals surface area contributed by atoms with Gasteiger partial charge >= 0.3 is 12.1 Å². The van der Waals surface area contributed by atoms with Crippen LogP contribution in [0.15, 0.2) is 53.3 Å². The monoisotopic (exact) mass is 508 g/mol. The number of methoxy groups -OCH3 is 1. The number of rotatable bonds is 10. The van der Waals surface area contributed by atoms with Gasteiger partial charge in [0.05, 0.1) is 29.7 Å². The molecule has 0 saturated carbocycles. The molecule has 0 bridgehead atoms. The number of anilines is 1. The Balaban J connectivity index is 2.02. The number of fused-ring (bicyclic) bond motifs is 1. The number of esters is 1. The number of carbonyl (C=O) groups excluding carboxylic acids is 2. The van der Waals surface area contributed by atoms with Crippen molar-refractivity contribution in [3.05, 3.63) is 64.7 Å². The number of hydrogen-bond acceptors (Lipinski definition) is 7.